The van der Waals surface area contributed by atoms with Crippen LogP contribution in [0, 0.1) is 28.8 Å². The van der Waals surface area contributed by atoms with E-state index in [0.29, 0.717) is 22.3 Å². The Morgan fingerprint density at radius 1 is 0.778 bits per heavy atom. The molecule has 0 N–H and O–H groups in total. The van der Waals surface area contributed by atoms with Gasteiger partial charge >= 0.3 is 0 Å². The second-order valence-electron chi connectivity index (χ2n) is 9.10. The first-order valence-corrected chi connectivity index (χ1v) is 12.4. The van der Waals surface area contributed by atoms with Crippen molar-refractivity contribution in [2.45, 2.75) is 58.3 Å². The topological polar surface area (TPSA) is 49.6 Å². The van der Waals surface area contributed by atoms with Crippen LogP contribution in [0.5, 0.6) is 0 Å². The summed E-state index contributed by atoms with van der Waals surface area (Å²) in [6, 6.07) is 12.7. The highest BCUT2D eigenvalue weighted by atomic mass is 19.1. The molecule has 1 aromatic heterocycles. The minimum Gasteiger partial charge on any atom is -0.236 e. The average molecular weight is 488 g/mol. The third kappa shape index (κ3) is 5.91. The second-order valence-corrected chi connectivity index (χ2v) is 9.10. The lowest BCUT2D eigenvalue weighted by molar-refractivity contribution is 0.572. The van der Waals surface area contributed by atoms with Crippen LogP contribution >= 0.6 is 0 Å². The molecule has 0 unspecified atom stereocenters. The van der Waals surface area contributed by atoms with Crippen LogP contribution in [0.25, 0.3) is 22.2 Å². The van der Waals surface area contributed by atoms with Crippen molar-refractivity contribution in [3.05, 3.63) is 94.6 Å². The van der Waals surface area contributed by atoms with Gasteiger partial charge in [-0.2, -0.15) is 5.26 Å². The highest BCUT2D eigenvalue weighted by Gasteiger charge is 2.13. The number of rotatable bonds is 10. The Morgan fingerprint density at radius 3 is 2.19 bits per heavy atom. The fourth-order valence-electron chi connectivity index (χ4n) is 4.39. The van der Waals surface area contributed by atoms with Crippen LogP contribution in [0.15, 0.2) is 54.9 Å². The number of unbranched alkanes of at least 4 members (excludes halogenated alkanes) is 4. The molecule has 184 valence electrons. The zero-order chi connectivity index (χ0) is 25.5. The largest absolute Gasteiger partial charge is 0.236 e. The number of benzene rings is 3. The van der Waals surface area contributed by atoms with Gasteiger partial charge in [-0.25, -0.2) is 23.1 Å². The Labute approximate surface area is 209 Å². The second kappa shape index (κ2) is 11.8. The van der Waals surface area contributed by atoms with Crippen LogP contribution in [0.3, 0.4) is 0 Å². The zero-order valence-electron chi connectivity index (χ0n) is 20.3. The molecule has 0 aliphatic rings. The minimum atomic E-state index is -0.902. The van der Waals surface area contributed by atoms with Crippen molar-refractivity contribution in [1.29, 1.82) is 5.26 Å². The summed E-state index contributed by atoms with van der Waals surface area (Å²) in [6.07, 6.45) is 11.3. The van der Waals surface area contributed by atoms with Gasteiger partial charge in [-0.05, 0) is 66.0 Å². The van der Waals surface area contributed by atoms with Gasteiger partial charge in [0.2, 0.25) is 0 Å². The normalized spacial score (nSPS) is 11.1. The molecule has 0 spiro atoms. The Hall–Kier alpha value is -3.72. The summed E-state index contributed by atoms with van der Waals surface area (Å²) < 4.78 is 43.0. The quantitative estimate of drug-likeness (QED) is 0.214. The molecule has 1 heterocycles. The molecule has 6 heteroatoms. The maximum atomic E-state index is 15.2. The van der Waals surface area contributed by atoms with Gasteiger partial charge in [0.1, 0.15) is 29.1 Å². The molecule has 0 amide bonds. The van der Waals surface area contributed by atoms with E-state index in [-0.39, 0.29) is 18.7 Å². The lowest BCUT2D eigenvalue weighted by Crippen LogP contribution is -1.99. The first-order chi connectivity index (χ1) is 17.5. The van der Waals surface area contributed by atoms with Gasteiger partial charge < -0.3 is 0 Å². The lowest BCUT2D eigenvalue weighted by atomic mass is 9.98. The van der Waals surface area contributed by atoms with Crippen molar-refractivity contribution >= 4 is 10.8 Å². The van der Waals surface area contributed by atoms with Crippen LogP contribution in [0.4, 0.5) is 13.2 Å². The van der Waals surface area contributed by atoms with Crippen LogP contribution in [-0.4, -0.2) is 9.97 Å². The molecule has 36 heavy (non-hydrogen) atoms. The van der Waals surface area contributed by atoms with Crippen LogP contribution < -0.4 is 0 Å². The molecule has 0 saturated carbocycles. The van der Waals surface area contributed by atoms with Crippen LogP contribution in [-0.2, 0) is 19.3 Å². The maximum Gasteiger partial charge on any atom is 0.159 e. The van der Waals surface area contributed by atoms with Crippen molar-refractivity contribution in [2.24, 2.45) is 0 Å². The van der Waals surface area contributed by atoms with Gasteiger partial charge in [0, 0.05) is 23.3 Å². The van der Waals surface area contributed by atoms with Crippen molar-refractivity contribution in [1.82, 2.24) is 9.97 Å². The van der Waals surface area contributed by atoms with Crippen LogP contribution in [0.2, 0.25) is 0 Å². The number of nitrogens with zero attached hydrogens (tertiary/aromatic N) is 3. The number of nitriles is 1. The molecule has 0 aliphatic heterocycles. The van der Waals surface area contributed by atoms with Gasteiger partial charge in [-0.15, -0.1) is 0 Å². The summed E-state index contributed by atoms with van der Waals surface area (Å²) in [4.78, 5) is 9.03. The summed E-state index contributed by atoms with van der Waals surface area (Å²) >= 11 is 0. The number of hydrogen-bond acceptors (Lipinski definition) is 3. The first-order valence-electron chi connectivity index (χ1n) is 12.4. The fourth-order valence-corrected chi connectivity index (χ4v) is 4.39. The molecule has 0 aliphatic carbocycles. The first kappa shape index (κ1) is 25.4. The summed E-state index contributed by atoms with van der Waals surface area (Å²) in [5, 5.41) is 10.0. The third-order valence-corrected chi connectivity index (χ3v) is 6.46. The summed E-state index contributed by atoms with van der Waals surface area (Å²) in [5.74, 6) is -1.56. The summed E-state index contributed by atoms with van der Waals surface area (Å²) in [5.41, 5.74) is 2.16. The molecule has 0 radical (unpaired) electrons. The maximum absolute atomic E-state index is 15.2. The summed E-state index contributed by atoms with van der Waals surface area (Å²) in [6.45, 7) is 2.21. The van der Waals surface area contributed by atoms with Crippen LogP contribution in [0.1, 0.15) is 61.3 Å². The van der Waals surface area contributed by atoms with Gasteiger partial charge in [-0.3, -0.25) is 0 Å². The molecule has 0 fully saturated rings. The number of halogens is 3. The van der Waals surface area contributed by atoms with Crippen molar-refractivity contribution in [3.8, 4) is 17.5 Å². The van der Waals surface area contributed by atoms with E-state index in [1.54, 1.807) is 18.2 Å². The van der Waals surface area contributed by atoms with E-state index >= 15 is 4.39 Å². The highest BCUT2D eigenvalue weighted by molar-refractivity contribution is 5.87. The highest BCUT2D eigenvalue weighted by Crippen LogP contribution is 2.27. The molecular formula is C30H28F3N3. The minimum absolute atomic E-state index is 0.249. The van der Waals surface area contributed by atoms with Gasteiger partial charge in [-0.1, -0.05) is 56.9 Å². The SMILES string of the molecule is CCCCCCCc1cnc(-c2ccc3c(F)c(CCc4cc(F)c(C#N)c(F)c4)ccc3c2)nc1. The smallest absolute Gasteiger partial charge is 0.159 e. The Bertz CT molecular complexity index is 1370. The molecule has 3 aromatic carbocycles. The molecule has 0 saturated heterocycles. The standard InChI is InChI=1S/C30H28F3N3/c1-2-3-4-5-6-7-21-18-35-30(36-19-21)24-12-13-25-23(16-24)11-10-22(29(25)33)9-8-20-14-27(31)26(17-34)28(32)15-20/h10-16,18-19H,2-9H2,1H3. The van der Waals surface area contributed by atoms with Gasteiger partial charge in [0.15, 0.2) is 5.82 Å². The molecular weight excluding hydrogens is 459 g/mol. The lowest BCUT2D eigenvalue weighted by Gasteiger charge is -2.09. The fraction of sp³-hybridized carbons (Fsp3) is 0.300. The average Bonchev–Trinajstić information content (AvgIpc) is 2.88. The third-order valence-electron chi connectivity index (χ3n) is 6.46. The van der Waals surface area contributed by atoms with E-state index in [4.69, 9.17) is 5.26 Å². The predicted octanol–water partition coefficient (Wildman–Crippen LogP) is 7.88. The molecule has 4 aromatic rings. The predicted molar refractivity (Wildman–Crippen MR) is 136 cm³/mol. The van der Waals surface area contributed by atoms with Gasteiger partial charge in [0.05, 0.1) is 0 Å². The van der Waals surface area contributed by atoms with Crippen molar-refractivity contribution in [2.75, 3.05) is 0 Å². The van der Waals surface area contributed by atoms with E-state index in [9.17, 15) is 8.78 Å². The van der Waals surface area contributed by atoms with E-state index in [1.807, 2.05) is 24.5 Å². The van der Waals surface area contributed by atoms with Gasteiger partial charge in [0.25, 0.3) is 0 Å². The Kier molecular flexibility index (Phi) is 8.32. The molecule has 3 nitrogen and oxygen atoms in total. The molecule has 4 rings (SSSR count). The number of aryl methyl sites for hydroxylation is 3. The van der Waals surface area contributed by atoms with Crippen molar-refractivity contribution in [3.63, 3.8) is 0 Å². The Balaban J connectivity index is 1.45. The zero-order valence-corrected chi connectivity index (χ0v) is 20.3. The van der Waals surface area contributed by atoms with Crippen molar-refractivity contribution < 1.29 is 13.2 Å². The van der Waals surface area contributed by atoms with E-state index in [1.165, 1.54) is 31.8 Å². The number of hydrogen-bond donors (Lipinski definition) is 0. The van der Waals surface area contributed by atoms with E-state index in [0.717, 1.165) is 41.5 Å². The number of fused-ring (bicyclic) bond motifs is 1. The Morgan fingerprint density at radius 2 is 1.50 bits per heavy atom. The molecule has 0 bridgehead atoms. The summed E-state index contributed by atoms with van der Waals surface area (Å²) in [7, 11) is 0. The monoisotopic (exact) mass is 487 g/mol. The molecule has 0 atom stereocenters. The number of aromatic nitrogens is 2. The van der Waals surface area contributed by atoms with E-state index < -0.39 is 17.2 Å². The van der Waals surface area contributed by atoms with E-state index in [2.05, 4.69) is 16.9 Å².